The van der Waals surface area contributed by atoms with Gasteiger partial charge in [-0.2, -0.15) is 11.3 Å². The Morgan fingerprint density at radius 1 is 1.55 bits per heavy atom. The van der Waals surface area contributed by atoms with E-state index in [1.54, 1.807) is 0 Å². The van der Waals surface area contributed by atoms with Crippen molar-refractivity contribution < 1.29 is 14.6 Å². The predicted octanol–water partition coefficient (Wildman–Crippen LogP) is 1.07. The van der Waals surface area contributed by atoms with Crippen LogP contribution in [0.15, 0.2) is 16.8 Å². The summed E-state index contributed by atoms with van der Waals surface area (Å²) in [5.41, 5.74) is 6.77. The summed E-state index contributed by atoms with van der Waals surface area (Å²) in [7, 11) is 0. The van der Waals surface area contributed by atoms with E-state index in [1.165, 1.54) is 11.3 Å². The van der Waals surface area contributed by atoms with Crippen LogP contribution in [0, 0.1) is 5.92 Å². The second kappa shape index (κ2) is 8.59. The summed E-state index contributed by atoms with van der Waals surface area (Å²) < 4.78 is 5.25. The molecule has 7 heteroatoms. The van der Waals surface area contributed by atoms with Crippen molar-refractivity contribution in [1.29, 1.82) is 0 Å². The van der Waals surface area contributed by atoms with Gasteiger partial charge in [-0.25, -0.2) is 0 Å². The van der Waals surface area contributed by atoms with Gasteiger partial charge in [0.25, 0.3) is 0 Å². The third-order valence-electron chi connectivity index (χ3n) is 3.47. The molecule has 1 aromatic rings. The zero-order valence-corrected chi connectivity index (χ0v) is 12.8. The zero-order chi connectivity index (χ0) is 13.7. The van der Waals surface area contributed by atoms with Crippen LogP contribution >= 0.6 is 23.7 Å². The maximum Gasteiger partial charge on any atom is 0.237 e. The summed E-state index contributed by atoms with van der Waals surface area (Å²) in [4.78, 5) is 11.9. The molecule has 2 unspecified atom stereocenters. The molecule has 1 amide bonds. The Hall–Kier alpha value is -0.660. The van der Waals surface area contributed by atoms with Crippen LogP contribution in [0.5, 0.6) is 0 Å². The molecule has 1 aliphatic rings. The predicted molar refractivity (Wildman–Crippen MR) is 81.1 cm³/mol. The number of hydrogen-bond donors (Lipinski definition) is 3. The van der Waals surface area contributed by atoms with Gasteiger partial charge < -0.3 is 20.9 Å². The van der Waals surface area contributed by atoms with Gasteiger partial charge in [-0.1, -0.05) is 0 Å². The summed E-state index contributed by atoms with van der Waals surface area (Å²) >= 11 is 1.52. The fraction of sp³-hybridized carbons (Fsp3) is 0.615. The van der Waals surface area contributed by atoms with Crippen molar-refractivity contribution in [2.75, 3.05) is 19.8 Å². The number of carbonyl (C=O) groups excluding carboxylic acids is 1. The van der Waals surface area contributed by atoms with Gasteiger partial charge in [0.05, 0.1) is 12.1 Å². The van der Waals surface area contributed by atoms with Crippen molar-refractivity contribution in [3.05, 3.63) is 22.4 Å². The van der Waals surface area contributed by atoms with E-state index in [4.69, 9.17) is 10.5 Å². The quantitative estimate of drug-likeness (QED) is 0.758. The van der Waals surface area contributed by atoms with Crippen molar-refractivity contribution in [3.63, 3.8) is 0 Å². The topological polar surface area (TPSA) is 84.6 Å². The van der Waals surface area contributed by atoms with Crippen LogP contribution in [-0.2, 0) is 9.53 Å². The lowest BCUT2D eigenvalue weighted by Gasteiger charge is -2.27. The number of amides is 1. The lowest BCUT2D eigenvalue weighted by molar-refractivity contribution is -0.124. The van der Waals surface area contributed by atoms with Crippen molar-refractivity contribution in [2.24, 2.45) is 11.7 Å². The normalized spacial score (nSPS) is 18.9. The zero-order valence-electron chi connectivity index (χ0n) is 11.2. The van der Waals surface area contributed by atoms with Gasteiger partial charge in [-0.3, -0.25) is 4.79 Å². The minimum absolute atomic E-state index is 0. The molecule has 5 nitrogen and oxygen atoms in total. The smallest absolute Gasteiger partial charge is 0.237 e. The van der Waals surface area contributed by atoms with E-state index < -0.39 is 12.1 Å². The van der Waals surface area contributed by atoms with Gasteiger partial charge in [-0.05, 0) is 41.1 Å². The molecule has 1 saturated heterocycles. The number of nitrogens with two attached hydrogens (primary N) is 1. The van der Waals surface area contributed by atoms with E-state index >= 15 is 0 Å². The fourth-order valence-corrected chi connectivity index (χ4v) is 2.89. The molecule has 0 spiro atoms. The summed E-state index contributed by atoms with van der Waals surface area (Å²) in [5, 5.41) is 16.4. The molecule has 1 fully saturated rings. The Kier molecular flexibility index (Phi) is 7.47. The van der Waals surface area contributed by atoms with Crippen LogP contribution in [0.25, 0.3) is 0 Å². The molecule has 2 rings (SSSR count). The second-order valence-electron chi connectivity index (χ2n) is 4.79. The number of ether oxygens (including phenoxy) is 1. The maximum atomic E-state index is 11.9. The number of hydrogen-bond acceptors (Lipinski definition) is 5. The first-order valence-corrected chi connectivity index (χ1v) is 7.44. The molecule has 2 heterocycles. The highest BCUT2D eigenvalue weighted by atomic mass is 35.5. The SMILES string of the molecule is Cl.NC(C(=O)NCC(O)c1ccsc1)C1CCOCC1. The fourth-order valence-electron chi connectivity index (χ4n) is 2.19. The third kappa shape index (κ3) is 4.71. The van der Waals surface area contributed by atoms with Crippen molar-refractivity contribution in [2.45, 2.75) is 25.0 Å². The van der Waals surface area contributed by atoms with Crippen molar-refractivity contribution >= 4 is 29.7 Å². The highest BCUT2D eigenvalue weighted by molar-refractivity contribution is 7.07. The number of rotatable bonds is 5. The molecule has 4 N–H and O–H groups in total. The number of aliphatic hydroxyl groups is 1. The average Bonchev–Trinajstić information content (AvgIpc) is 2.98. The molecule has 1 aliphatic heterocycles. The number of halogens is 1. The van der Waals surface area contributed by atoms with E-state index in [-0.39, 0.29) is 30.8 Å². The molecule has 20 heavy (non-hydrogen) atoms. The summed E-state index contributed by atoms with van der Waals surface area (Å²) in [6.07, 6.45) is 0.973. The lowest BCUT2D eigenvalue weighted by Crippen LogP contribution is -2.47. The van der Waals surface area contributed by atoms with Crippen molar-refractivity contribution in [3.8, 4) is 0 Å². The highest BCUT2D eigenvalue weighted by Crippen LogP contribution is 2.18. The lowest BCUT2D eigenvalue weighted by atomic mass is 9.92. The van der Waals surface area contributed by atoms with E-state index in [1.807, 2.05) is 16.8 Å². The van der Waals surface area contributed by atoms with Gasteiger partial charge in [0.2, 0.25) is 5.91 Å². The molecular formula is C13H21ClN2O3S. The van der Waals surface area contributed by atoms with Crippen LogP contribution in [0.2, 0.25) is 0 Å². The molecule has 0 aliphatic carbocycles. The van der Waals surface area contributed by atoms with Crippen LogP contribution in [0.3, 0.4) is 0 Å². The molecule has 2 atom stereocenters. The Labute approximate surface area is 128 Å². The Bertz CT molecular complexity index is 396. The van der Waals surface area contributed by atoms with E-state index in [0.717, 1.165) is 18.4 Å². The summed E-state index contributed by atoms with van der Waals surface area (Å²) in [5.74, 6) is -0.0202. The minimum atomic E-state index is -0.669. The van der Waals surface area contributed by atoms with E-state index in [0.29, 0.717) is 13.2 Å². The number of thiophene rings is 1. The Morgan fingerprint density at radius 3 is 2.85 bits per heavy atom. The second-order valence-corrected chi connectivity index (χ2v) is 5.57. The van der Waals surface area contributed by atoms with Gasteiger partial charge in [0, 0.05) is 19.8 Å². The molecule has 0 saturated carbocycles. The first kappa shape index (κ1) is 17.4. The highest BCUT2D eigenvalue weighted by Gasteiger charge is 2.26. The molecule has 1 aromatic heterocycles. The molecule has 0 bridgehead atoms. The van der Waals surface area contributed by atoms with Gasteiger partial charge >= 0.3 is 0 Å². The van der Waals surface area contributed by atoms with Crippen LogP contribution < -0.4 is 11.1 Å². The molecular weight excluding hydrogens is 300 g/mol. The monoisotopic (exact) mass is 320 g/mol. The molecule has 114 valence electrons. The van der Waals surface area contributed by atoms with Crippen molar-refractivity contribution in [1.82, 2.24) is 5.32 Å². The standard InChI is InChI=1S/C13H20N2O3S.ClH/c14-12(9-1-4-18-5-2-9)13(17)15-7-11(16)10-3-6-19-8-10;/h3,6,8-9,11-12,16H,1-2,4-5,7,14H2,(H,15,17);1H. The minimum Gasteiger partial charge on any atom is -0.387 e. The Balaban J connectivity index is 0.00000200. The average molecular weight is 321 g/mol. The van der Waals surface area contributed by atoms with Crippen LogP contribution in [-0.4, -0.2) is 36.8 Å². The first-order chi connectivity index (χ1) is 9.18. The van der Waals surface area contributed by atoms with Crippen LogP contribution in [0.1, 0.15) is 24.5 Å². The molecule has 0 radical (unpaired) electrons. The van der Waals surface area contributed by atoms with E-state index in [2.05, 4.69) is 5.32 Å². The summed E-state index contributed by atoms with van der Waals surface area (Å²) in [6.45, 7) is 1.54. The Morgan fingerprint density at radius 2 is 2.25 bits per heavy atom. The maximum absolute atomic E-state index is 11.9. The van der Waals surface area contributed by atoms with Crippen LogP contribution in [0.4, 0.5) is 0 Å². The van der Waals surface area contributed by atoms with Gasteiger partial charge in [-0.15, -0.1) is 12.4 Å². The largest absolute Gasteiger partial charge is 0.387 e. The van der Waals surface area contributed by atoms with Gasteiger partial charge in [0.1, 0.15) is 0 Å². The third-order valence-corrected chi connectivity index (χ3v) is 4.18. The number of carbonyl (C=O) groups is 1. The number of nitrogens with one attached hydrogen (secondary N) is 1. The molecule has 0 aromatic carbocycles. The first-order valence-electron chi connectivity index (χ1n) is 6.49. The number of aliphatic hydroxyl groups excluding tert-OH is 1. The summed E-state index contributed by atoms with van der Waals surface area (Å²) in [6, 6.07) is 1.33. The van der Waals surface area contributed by atoms with Gasteiger partial charge in [0.15, 0.2) is 0 Å². The van der Waals surface area contributed by atoms with E-state index in [9.17, 15) is 9.90 Å².